The van der Waals surface area contributed by atoms with Crippen molar-refractivity contribution in [3.8, 4) is 0 Å². The summed E-state index contributed by atoms with van der Waals surface area (Å²) in [4.78, 5) is 26.2. The minimum atomic E-state index is -4.66. The fraction of sp³-hybridized carbons (Fsp3) is 0.600. The molecule has 1 aliphatic heterocycles. The molecule has 0 radical (unpaired) electrons. The average molecular weight is 480 g/mol. The number of benzene rings is 1. The highest BCUT2D eigenvalue weighted by atomic mass is 32.2. The molecule has 1 aromatic carbocycles. The fourth-order valence-corrected chi connectivity index (χ4v) is 4.91. The van der Waals surface area contributed by atoms with Crippen molar-refractivity contribution >= 4 is 22.0 Å². The third kappa shape index (κ3) is 6.58. The van der Waals surface area contributed by atoms with Gasteiger partial charge in [-0.05, 0) is 43.4 Å². The van der Waals surface area contributed by atoms with Gasteiger partial charge in [-0.2, -0.15) is 13.2 Å². The summed E-state index contributed by atoms with van der Waals surface area (Å²) in [6.45, 7) is 4.17. The van der Waals surface area contributed by atoms with Crippen molar-refractivity contribution in [2.24, 2.45) is 5.92 Å². The Morgan fingerprint density at radius 3 is 2.34 bits per heavy atom. The lowest BCUT2D eigenvalue weighted by atomic mass is 9.99. The number of carbonyl (C=O) groups is 2. The summed E-state index contributed by atoms with van der Waals surface area (Å²) in [5.41, 5.74) is -1.06. The molecular weight excluding hydrogens is 451 g/mol. The predicted molar refractivity (Wildman–Crippen MR) is 110 cm³/mol. The highest BCUT2D eigenvalue weighted by Gasteiger charge is 2.35. The lowest BCUT2D eigenvalue weighted by Gasteiger charge is -2.36. The highest BCUT2D eigenvalue weighted by molar-refractivity contribution is 7.89. The van der Waals surface area contributed by atoms with Crippen LogP contribution in [-0.4, -0.2) is 67.5 Å². The lowest BCUT2D eigenvalue weighted by molar-refractivity contribution is -0.138. The maximum atomic E-state index is 12.9. The molecule has 0 spiro atoms. The van der Waals surface area contributed by atoms with Crippen LogP contribution in [0.2, 0.25) is 0 Å². The van der Waals surface area contributed by atoms with Crippen LogP contribution in [0.15, 0.2) is 29.2 Å². The van der Waals surface area contributed by atoms with Gasteiger partial charge in [0.25, 0.3) is 0 Å². The number of amides is 2. The average Bonchev–Trinajstić information content (AvgIpc) is 2.70. The number of nitrogens with zero attached hydrogens (tertiary/aromatic N) is 2. The van der Waals surface area contributed by atoms with Gasteiger partial charge in [0.2, 0.25) is 15.9 Å². The van der Waals surface area contributed by atoms with Crippen molar-refractivity contribution in [3.05, 3.63) is 29.8 Å². The maximum Gasteiger partial charge on any atom is 0.416 e. The van der Waals surface area contributed by atoms with E-state index in [4.69, 9.17) is 0 Å². The SMILES string of the molecule is CC(C)CC(C(=O)N1CCC(NS(=O)(=O)c2cccc(C(F)(F)F)c2)CC1)N(C)C(=O)O. The van der Waals surface area contributed by atoms with Crippen LogP contribution in [0.3, 0.4) is 0 Å². The van der Waals surface area contributed by atoms with E-state index in [1.165, 1.54) is 11.9 Å². The number of nitrogens with one attached hydrogen (secondary N) is 1. The number of hydrogen-bond donors (Lipinski definition) is 2. The van der Waals surface area contributed by atoms with Gasteiger partial charge in [0, 0.05) is 26.2 Å². The van der Waals surface area contributed by atoms with E-state index in [2.05, 4.69) is 4.72 Å². The van der Waals surface area contributed by atoms with E-state index < -0.39 is 44.8 Å². The number of likely N-dealkylation sites (N-methyl/N-ethyl adjacent to an activating group) is 1. The second kappa shape index (κ2) is 10.1. The van der Waals surface area contributed by atoms with Gasteiger partial charge in [-0.1, -0.05) is 19.9 Å². The molecule has 180 valence electrons. The molecule has 1 aliphatic rings. The van der Waals surface area contributed by atoms with Crippen molar-refractivity contribution in [1.82, 2.24) is 14.5 Å². The van der Waals surface area contributed by atoms with Crippen molar-refractivity contribution in [2.45, 2.75) is 56.3 Å². The Bertz CT molecular complexity index is 929. The first-order valence-corrected chi connectivity index (χ1v) is 11.6. The fourth-order valence-electron chi connectivity index (χ4n) is 3.56. The van der Waals surface area contributed by atoms with Crippen molar-refractivity contribution in [1.29, 1.82) is 0 Å². The van der Waals surface area contributed by atoms with Gasteiger partial charge in [-0.3, -0.25) is 9.69 Å². The Morgan fingerprint density at radius 2 is 1.84 bits per heavy atom. The minimum Gasteiger partial charge on any atom is -0.465 e. The lowest BCUT2D eigenvalue weighted by Crippen LogP contribution is -2.53. The molecule has 2 rings (SSSR count). The van der Waals surface area contributed by atoms with Crippen LogP contribution in [0.5, 0.6) is 0 Å². The van der Waals surface area contributed by atoms with Crippen molar-refractivity contribution < 1.29 is 36.3 Å². The van der Waals surface area contributed by atoms with E-state index in [9.17, 15) is 36.3 Å². The summed E-state index contributed by atoms with van der Waals surface area (Å²) in [7, 11) is -2.84. The standard InChI is InChI=1S/C20H28F3N3O5S/c1-13(2)11-17(25(3)19(28)29)18(27)26-9-7-15(8-10-26)24-32(30,31)16-6-4-5-14(12-16)20(21,22)23/h4-6,12-13,15,17,24H,7-11H2,1-3H3,(H,28,29). The third-order valence-electron chi connectivity index (χ3n) is 5.35. The first-order chi connectivity index (χ1) is 14.7. The van der Waals surface area contributed by atoms with Gasteiger partial charge >= 0.3 is 12.3 Å². The van der Waals surface area contributed by atoms with Gasteiger partial charge < -0.3 is 10.0 Å². The van der Waals surface area contributed by atoms with Crippen LogP contribution in [-0.2, 0) is 21.0 Å². The predicted octanol–water partition coefficient (Wildman–Crippen LogP) is 3.00. The molecule has 1 aromatic rings. The first kappa shape index (κ1) is 25.9. The monoisotopic (exact) mass is 479 g/mol. The smallest absolute Gasteiger partial charge is 0.416 e. The van der Waals surface area contributed by atoms with E-state index >= 15 is 0 Å². The molecule has 0 bridgehead atoms. The third-order valence-corrected chi connectivity index (χ3v) is 6.87. The Kier molecular flexibility index (Phi) is 8.16. The van der Waals surface area contributed by atoms with Gasteiger partial charge in [-0.15, -0.1) is 0 Å². The van der Waals surface area contributed by atoms with E-state index in [-0.39, 0.29) is 37.8 Å². The van der Waals surface area contributed by atoms with Crippen LogP contribution in [0, 0.1) is 5.92 Å². The molecule has 12 heteroatoms. The summed E-state index contributed by atoms with van der Waals surface area (Å²) in [6, 6.07) is 2.11. The number of carboxylic acid groups (broad SMARTS) is 1. The number of sulfonamides is 1. The highest BCUT2D eigenvalue weighted by Crippen LogP contribution is 2.30. The summed E-state index contributed by atoms with van der Waals surface area (Å²) in [5.74, 6) is -0.259. The molecule has 0 saturated carbocycles. The number of piperidine rings is 1. The van der Waals surface area contributed by atoms with Crippen LogP contribution in [0.25, 0.3) is 0 Å². The Balaban J connectivity index is 2.04. The van der Waals surface area contributed by atoms with Gasteiger partial charge in [0.1, 0.15) is 6.04 Å². The molecule has 1 saturated heterocycles. The summed E-state index contributed by atoms with van der Waals surface area (Å²) >= 11 is 0. The molecule has 2 amide bonds. The molecule has 1 heterocycles. The molecule has 32 heavy (non-hydrogen) atoms. The summed E-state index contributed by atoms with van der Waals surface area (Å²) < 4.78 is 66.2. The van der Waals surface area contributed by atoms with E-state index in [1.807, 2.05) is 13.8 Å². The maximum absolute atomic E-state index is 12.9. The number of rotatable bonds is 7. The zero-order chi connectivity index (χ0) is 24.3. The zero-order valence-electron chi connectivity index (χ0n) is 18.1. The van der Waals surface area contributed by atoms with Crippen LogP contribution >= 0.6 is 0 Å². The quantitative estimate of drug-likeness (QED) is 0.625. The molecule has 1 unspecified atom stereocenters. The minimum absolute atomic E-state index is 0.0857. The van der Waals surface area contributed by atoms with Crippen molar-refractivity contribution in [3.63, 3.8) is 0 Å². The number of hydrogen-bond acceptors (Lipinski definition) is 4. The molecule has 0 aromatic heterocycles. The second-order valence-electron chi connectivity index (χ2n) is 8.29. The second-order valence-corrected chi connectivity index (χ2v) is 10.00. The Hall–Kier alpha value is -2.34. The number of halogens is 3. The molecular formula is C20H28F3N3O5S. The molecule has 1 atom stereocenters. The molecule has 2 N–H and O–H groups in total. The van der Waals surface area contributed by atoms with Crippen LogP contribution in [0.1, 0.15) is 38.7 Å². The summed E-state index contributed by atoms with van der Waals surface area (Å²) in [6.07, 6.45) is -5.01. The van der Waals surface area contributed by atoms with Gasteiger partial charge in [0.15, 0.2) is 0 Å². The van der Waals surface area contributed by atoms with Gasteiger partial charge in [0.05, 0.1) is 10.5 Å². The Labute approximate surface area is 185 Å². The zero-order valence-corrected chi connectivity index (χ0v) is 18.9. The number of likely N-dealkylation sites (tertiary alicyclic amines) is 1. The topological polar surface area (TPSA) is 107 Å². The van der Waals surface area contributed by atoms with Crippen molar-refractivity contribution in [2.75, 3.05) is 20.1 Å². The molecule has 0 aliphatic carbocycles. The van der Waals surface area contributed by atoms with E-state index in [0.717, 1.165) is 23.1 Å². The van der Waals surface area contributed by atoms with Crippen LogP contribution in [0.4, 0.5) is 18.0 Å². The normalized spacial score (nSPS) is 16.8. The largest absolute Gasteiger partial charge is 0.465 e. The van der Waals surface area contributed by atoms with E-state index in [1.54, 1.807) is 0 Å². The molecule has 1 fully saturated rings. The number of alkyl halides is 3. The van der Waals surface area contributed by atoms with Crippen LogP contribution < -0.4 is 4.72 Å². The summed E-state index contributed by atoms with van der Waals surface area (Å²) in [5, 5.41) is 9.27. The molecule has 8 nitrogen and oxygen atoms in total. The van der Waals surface area contributed by atoms with Gasteiger partial charge in [-0.25, -0.2) is 17.9 Å². The van der Waals surface area contributed by atoms with E-state index in [0.29, 0.717) is 12.5 Å². The Morgan fingerprint density at radius 1 is 1.25 bits per heavy atom. The number of carbonyl (C=O) groups excluding carboxylic acids is 1. The first-order valence-electron chi connectivity index (χ1n) is 10.2.